The maximum atomic E-state index is 12.5. The second-order valence-electron chi connectivity index (χ2n) is 8.63. The number of carbonyl (C=O) groups excluding carboxylic acids is 1. The zero-order valence-corrected chi connectivity index (χ0v) is 20.9. The zero-order chi connectivity index (χ0) is 25.8. The first kappa shape index (κ1) is 23.9. The minimum absolute atomic E-state index is 0.167. The summed E-state index contributed by atoms with van der Waals surface area (Å²) < 4.78 is 2.03. The monoisotopic (exact) mass is 486 g/mol. The summed E-state index contributed by atoms with van der Waals surface area (Å²) in [6, 6.07) is 21.3. The van der Waals surface area contributed by atoms with E-state index in [9.17, 15) is 4.79 Å². The number of fused-ring (bicyclic) bond motifs is 1. The van der Waals surface area contributed by atoms with Crippen molar-refractivity contribution in [2.75, 3.05) is 12.4 Å². The van der Waals surface area contributed by atoms with Gasteiger partial charge in [-0.15, -0.1) is 0 Å². The van der Waals surface area contributed by atoms with Crippen LogP contribution in [-0.2, 0) is 4.79 Å². The van der Waals surface area contributed by atoms with Crippen LogP contribution in [0.25, 0.3) is 28.0 Å². The van der Waals surface area contributed by atoms with Crippen LogP contribution in [0, 0.1) is 18.8 Å². The van der Waals surface area contributed by atoms with Crippen molar-refractivity contribution in [2.45, 2.75) is 19.9 Å². The first-order valence-electron chi connectivity index (χ1n) is 12.0. The molecule has 0 saturated carbocycles. The molecule has 0 aliphatic carbocycles. The van der Waals surface area contributed by atoms with Crippen LogP contribution < -0.4 is 10.6 Å². The van der Waals surface area contributed by atoms with Gasteiger partial charge in [0.05, 0.1) is 17.4 Å². The minimum Gasteiger partial charge on any atom is -0.309 e. The van der Waals surface area contributed by atoms with Crippen molar-refractivity contribution >= 4 is 17.4 Å². The van der Waals surface area contributed by atoms with Crippen molar-refractivity contribution in [3.63, 3.8) is 0 Å². The number of imidazole rings is 1. The van der Waals surface area contributed by atoms with E-state index in [-0.39, 0.29) is 11.9 Å². The van der Waals surface area contributed by atoms with Crippen molar-refractivity contribution in [2.24, 2.45) is 0 Å². The fourth-order valence-electron chi connectivity index (χ4n) is 4.04. The van der Waals surface area contributed by atoms with Gasteiger partial charge >= 0.3 is 0 Å². The van der Waals surface area contributed by atoms with Gasteiger partial charge in [0.25, 0.3) is 0 Å². The average molecular weight is 487 g/mol. The van der Waals surface area contributed by atoms with Gasteiger partial charge in [-0.05, 0) is 86.5 Å². The lowest BCUT2D eigenvalue weighted by molar-refractivity contribution is -0.117. The fraction of sp³-hybridized carbons (Fsp3) is 0.133. The Bertz CT molecular complexity index is 1630. The summed E-state index contributed by atoms with van der Waals surface area (Å²) in [7, 11) is 1.74. The Morgan fingerprint density at radius 3 is 2.43 bits per heavy atom. The first-order chi connectivity index (χ1) is 18.0. The summed E-state index contributed by atoms with van der Waals surface area (Å²) in [6.45, 7) is 3.77. The van der Waals surface area contributed by atoms with E-state index in [4.69, 9.17) is 9.97 Å². The largest absolute Gasteiger partial charge is 0.309 e. The molecule has 1 amide bonds. The quantitative estimate of drug-likeness (QED) is 0.352. The number of aromatic nitrogens is 4. The Hall–Kier alpha value is -4.80. The maximum absolute atomic E-state index is 12.5. The third-order valence-electron chi connectivity index (χ3n) is 6.16. The summed E-state index contributed by atoms with van der Waals surface area (Å²) in [5.74, 6) is 6.77. The van der Waals surface area contributed by atoms with E-state index in [2.05, 4.69) is 27.5 Å². The molecule has 0 aliphatic heterocycles. The number of benzene rings is 1. The molecule has 5 rings (SSSR count). The van der Waals surface area contributed by atoms with Crippen molar-refractivity contribution in [1.29, 1.82) is 0 Å². The molecule has 0 aliphatic rings. The van der Waals surface area contributed by atoms with E-state index >= 15 is 0 Å². The summed E-state index contributed by atoms with van der Waals surface area (Å²) in [5.41, 5.74) is 7.09. The van der Waals surface area contributed by atoms with Gasteiger partial charge in [0.2, 0.25) is 5.91 Å². The van der Waals surface area contributed by atoms with Gasteiger partial charge in [0.1, 0.15) is 17.2 Å². The second-order valence-corrected chi connectivity index (χ2v) is 8.63. The molecule has 0 bridgehead atoms. The van der Waals surface area contributed by atoms with Crippen LogP contribution in [0.3, 0.4) is 0 Å². The number of carbonyl (C=O) groups is 1. The summed E-state index contributed by atoms with van der Waals surface area (Å²) >= 11 is 0. The van der Waals surface area contributed by atoms with Gasteiger partial charge in [-0.1, -0.05) is 24.1 Å². The molecule has 0 radical (unpaired) electrons. The number of hydrogen-bond acceptors (Lipinski definition) is 5. The summed E-state index contributed by atoms with van der Waals surface area (Å²) in [5, 5.41) is 5.81. The zero-order valence-electron chi connectivity index (χ0n) is 20.9. The molecule has 0 saturated heterocycles. The number of likely N-dealkylation sites (N-methyl/N-ethyl adjacent to an activating group) is 1. The van der Waals surface area contributed by atoms with E-state index in [0.717, 1.165) is 39.3 Å². The average Bonchev–Trinajstić information content (AvgIpc) is 3.27. The number of anilines is 1. The number of aryl methyl sites for hydroxylation is 1. The van der Waals surface area contributed by atoms with Crippen LogP contribution in [0.5, 0.6) is 0 Å². The Morgan fingerprint density at radius 2 is 1.68 bits per heavy atom. The lowest BCUT2D eigenvalue weighted by Crippen LogP contribution is -2.35. The lowest BCUT2D eigenvalue weighted by Gasteiger charge is -2.12. The van der Waals surface area contributed by atoms with Gasteiger partial charge in [-0.3, -0.25) is 14.2 Å². The standard InChI is InChI=1S/C30H26N6O/c1-20-29(36-19-5-4-6-28(36)33-20)25-12-14-27(35-30(37)21(2)31-3)34-26(25)13-9-22-7-10-23(11-8-22)24-15-17-32-18-16-24/h4-8,10-12,14-19,21,31H,1-3H3,(H,34,35,37). The highest BCUT2D eigenvalue weighted by molar-refractivity contribution is 5.94. The third-order valence-corrected chi connectivity index (χ3v) is 6.16. The number of hydrogen-bond donors (Lipinski definition) is 2. The molecule has 1 aromatic carbocycles. The van der Waals surface area contributed by atoms with E-state index in [1.165, 1.54) is 0 Å². The Kier molecular flexibility index (Phi) is 6.75. The third kappa shape index (κ3) is 5.10. The molecule has 4 aromatic heterocycles. The molecule has 1 atom stereocenters. The molecule has 0 fully saturated rings. The number of rotatable bonds is 5. The SMILES string of the molecule is CNC(C)C(=O)Nc1ccc(-c2c(C)nc3ccccn23)c(C#Cc2ccc(-c3ccncc3)cc2)n1. The van der Waals surface area contributed by atoms with Crippen LogP contribution in [0.4, 0.5) is 5.82 Å². The smallest absolute Gasteiger partial charge is 0.242 e. The van der Waals surface area contributed by atoms with Crippen molar-refractivity contribution in [1.82, 2.24) is 24.7 Å². The van der Waals surface area contributed by atoms with Crippen LogP contribution in [0.1, 0.15) is 23.9 Å². The summed E-state index contributed by atoms with van der Waals surface area (Å²) in [6.07, 6.45) is 5.53. The molecule has 2 N–H and O–H groups in total. The molecule has 0 spiro atoms. The molecule has 7 heteroatoms. The number of nitrogens with one attached hydrogen (secondary N) is 2. The molecule has 37 heavy (non-hydrogen) atoms. The maximum Gasteiger partial charge on any atom is 0.242 e. The number of pyridine rings is 3. The Labute approximate surface area is 215 Å². The van der Waals surface area contributed by atoms with Gasteiger partial charge in [-0.2, -0.15) is 0 Å². The molecular formula is C30H26N6O. The Morgan fingerprint density at radius 1 is 0.919 bits per heavy atom. The topological polar surface area (TPSA) is 84.2 Å². The fourth-order valence-corrected chi connectivity index (χ4v) is 4.04. The van der Waals surface area contributed by atoms with Crippen LogP contribution in [0.15, 0.2) is 85.3 Å². The van der Waals surface area contributed by atoms with Crippen LogP contribution in [-0.4, -0.2) is 38.3 Å². The van der Waals surface area contributed by atoms with E-state index in [1.807, 2.05) is 78.2 Å². The van der Waals surface area contributed by atoms with E-state index < -0.39 is 0 Å². The number of amides is 1. The van der Waals surface area contributed by atoms with Gasteiger partial charge in [0.15, 0.2) is 0 Å². The van der Waals surface area contributed by atoms with Crippen molar-refractivity contribution in [3.05, 3.63) is 102 Å². The predicted molar refractivity (Wildman–Crippen MR) is 146 cm³/mol. The van der Waals surface area contributed by atoms with Gasteiger partial charge in [-0.25, -0.2) is 9.97 Å². The van der Waals surface area contributed by atoms with Gasteiger partial charge < -0.3 is 10.6 Å². The van der Waals surface area contributed by atoms with Gasteiger partial charge in [0, 0.05) is 29.7 Å². The molecule has 7 nitrogen and oxygen atoms in total. The van der Waals surface area contributed by atoms with Crippen molar-refractivity contribution in [3.8, 4) is 34.2 Å². The predicted octanol–water partition coefficient (Wildman–Crippen LogP) is 4.71. The van der Waals surface area contributed by atoms with Crippen LogP contribution >= 0.6 is 0 Å². The normalized spacial score (nSPS) is 11.5. The van der Waals surface area contributed by atoms with Crippen LogP contribution in [0.2, 0.25) is 0 Å². The molecule has 182 valence electrons. The minimum atomic E-state index is -0.351. The second kappa shape index (κ2) is 10.4. The lowest BCUT2D eigenvalue weighted by atomic mass is 10.0. The van der Waals surface area contributed by atoms with E-state index in [1.54, 1.807) is 32.4 Å². The molecule has 5 aromatic rings. The highest BCUT2D eigenvalue weighted by atomic mass is 16.2. The first-order valence-corrected chi connectivity index (χ1v) is 12.0. The molecule has 4 heterocycles. The van der Waals surface area contributed by atoms with E-state index in [0.29, 0.717) is 11.5 Å². The molecular weight excluding hydrogens is 460 g/mol. The summed E-state index contributed by atoms with van der Waals surface area (Å²) in [4.78, 5) is 26.0. The Balaban J connectivity index is 1.56. The van der Waals surface area contributed by atoms with Crippen molar-refractivity contribution < 1.29 is 4.79 Å². The highest BCUT2D eigenvalue weighted by Gasteiger charge is 2.17. The molecule has 1 unspecified atom stereocenters. The highest BCUT2D eigenvalue weighted by Crippen LogP contribution is 2.28. The number of nitrogens with zero attached hydrogens (tertiary/aromatic N) is 4.